The molecule has 88 valence electrons. The van der Waals surface area contributed by atoms with Crippen molar-refractivity contribution in [2.45, 2.75) is 25.9 Å². The van der Waals surface area contributed by atoms with Gasteiger partial charge in [-0.3, -0.25) is 0 Å². The molecule has 1 aliphatic heterocycles. The quantitative estimate of drug-likeness (QED) is 0.852. The molecule has 0 amide bonds. The number of hydrogen-bond acceptors (Lipinski definition) is 2. The molecule has 0 saturated carbocycles. The van der Waals surface area contributed by atoms with E-state index in [9.17, 15) is 4.39 Å². The predicted molar refractivity (Wildman–Crippen MR) is 61.6 cm³/mol. The summed E-state index contributed by atoms with van der Waals surface area (Å²) in [5.74, 6) is -0.184. The van der Waals surface area contributed by atoms with E-state index < -0.39 is 0 Å². The minimum Gasteiger partial charge on any atom is -0.378 e. The Morgan fingerprint density at radius 2 is 2.38 bits per heavy atom. The molecule has 2 unspecified atom stereocenters. The van der Waals surface area contributed by atoms with Gasteiger partial charge in [0.2, 0.25) is 0 Å². The van der Waals surface area contributed by atoms with Gasteiger partial charge in [0.05, 0.1) is 6.10 Å². The zero-order valence-corrected chi connectivity index (χ0v) is 9.58. The van der Waals surface area contributed by atoms with E-state index in [1.807, 2.05) is 6.07 Å². The van der Waals surface area contributed by atoms with E-state index >= 15 is 0 Å². The molecule has 1 heterocycles. The summed E-state index contributed by atoms with van der Waals surface area (Å²) in [6.07, 6.45) is 1.91. The first-order valence-electron chi connectivity index (χ1n) is 5.72. The Balaban J connectivity index is 2.18. The molecule has 0 aromatic heterocycles. The largest absolute Gasteiger partial charge is 0.378 e. The first kappa shape index (κ1) is 11.6. The lowest BCUT2D eigenvalue weighted by atomic mass is 9.76. The zero-order valence-electron chi connectivity index (χ0n) is 9.58. The van der Waals surface area contributed by atoms with Crippen molar-refractivity contribution in [3.63, 3.8) is 0 Å². The van der Waals surface area contributed by atoms with E-state index in [0.29, 0.717) is 6.54 Å². The van der Waals surface area contributed by atoms with Crippen molar-refractivity contribution in [3.8, 4) is 0 Å². The fourth-order valence-electron chi connectivity index (χ4n) is 2.44. The highest BCUT2D eigenvalue weighted by molar-refractivity contribution is 5.19. The van der Waals surface area contributed by atoms with Gasteiger partial charge in [-0.1, -0.05) is 12.1 Å². The lowest BCUT2D eigenvalue weighted by Crippen LogP contribution is -2.38. The first-order chi connectivity index (χ1) is 7.66. The van der Waals surface area contributed by atoms with Crippen LogP contribution in [-0.4, -0.2) is 19.3 Å². The topological polar surface area (TPSA) is 35.2 Å². The number of halogens is 1. The van der Waals surface area contributed by atoms with Crippen LogP contribution in [0.1, 0.15) is 18.9 Å². The van der Waals surface area contributed by atoms with E-state index in [4.69, 9.17) is 10.5 Å². The Bertz CT molecular complexity index is 369. The summed E-state index contributed by atoms with van der Waals surface area (Å²) < 4.78 is 18.7. The number of benzene rings is 1. The number of rotatable bonds is 3. The first-order valence-corrected chi connectivity index (χ1v) is 5.72. The van der Waals surface area contributed by atoms with E-state index in [1.54, 1.807) is 12.1 Å². The van der Waals surface area contributed by atoms with Gasteiger partial charge in [-0.2, -0.15) is 0 Å². The van der Waals surface area contributed by atoms with Crippen LogP contribution in [0.4, 0.5) is 4.39 Å². The van der Waals surface area contributed by atoms with Crippen LogP contribution in [0.25, 0.3) is 0 Å². The number of hydrogen-bond donors (Lipinski definition) is 1. The average Bonchev–Trinajstić information content (AvgIpc) is 2.61. The lowest BCUT2D eigenvalue weighted by molar-refractivity contribution is 0.0673. The fourth-order valence-corrected chi connectivity index (χ4v) is 2.44. The van der Waals surface area contributed by atoms with Gasteiger partial charge >= 0.3 is 0 Å². The van der Waals surface area contributed by atoms with Crippen LogP contribution in [0, 0.1) is 11.2 Å². The summed E-state index contributed by atoms with van der Waals surface area (Å²) >= 11 is 0. The molecule has 1 aromatic carbocycles. The van der Waals surface area contributed by atoms with Crippen molar-refractivity contribution in [1.29, 1.82) is 0 Å². The summed E-state index contributed by atoms with van der Waals surface area (Å²) in [6, 6.07) is 6.75. The van der Waals surface area contributed by atoms with Crippen molar-refractivity contribution in [2.75, 3.05) is 13.2 Å². The molecule has 2 nitrogen and oxygen atoms in total. The van der Waals surface area contributed by atoms with Gasteiger partial charge < -0.3 is 10.5 Å². The van der Waals surface area contributed by atoms with Gasteiger partial charge in [0.15, 0.2) is 0 Å². The Morgan fingerprint density at radius 1 is 1.56 bits per heavy atom. The summed E-state index contributed by atoms with van der Waals surface area (Å²) in [4.78, 5) is 0. The third-order valence-corrected chi connectivity index (χ3v) is 3.68. The lowest BCUT2D eigenvalue weighted by Gasteiger charge is -2.30. The molecule has 0 radical (unpaired) electrons. The van der Waals surface area contributed by atoms with Gasteiger partial charge in [0.25, 0.3) is 0 Å². The van der Waals surface area contributed by atoms with Crippen LogP contribution in [0.3, 0.4) is 0 Å². The zero-order chi connectivity index (χ0) is 11.6. The van der Waals surface area contributed by atoms with Crippen LogP contribution in [0.5, 0.6) is 0 Å². The Labute approximate surface area is 95.6 Å². The predicted octanol–water partition coefficient (Wildman–Crippen LogP) is 2.12. The molecule has 0 spiro atoms. The number of ether oxygens (including phenoxy) is 1. The minimum atomic E-state index is -0.184. The van der Waals surface area contributed by atoms with Gasteiger partial charge in [0, 0.05) is 18.6 Å². The van der Waals surface area contributed by atoms with Crippen LogP contribution in [0.2, 0.25) is 0 Å². The molecule has 0 aliphatic carbocycles. The highest BCUT2D eigenvalue weighted by Crippen LogP contribution is 2.37. The maximum Gasteiger partial charge on any atom is 0.123 e. The molecule has 1 saturated heterocycles. The molecule has 2 N–H and O–H groups in total. The van der Waals surface area contributed by atoms with E-state index in [2.05, 4.69) is 6.92 Å². The average molecular weight is 223 g/mol. The summed E-state index contributed by atoms with van der Waals surface area (Å²) in [7, 11) is 0. The van der Waals surface area contributed by atoms with Crippen molar-refractivity contribution in [2.24, 2.45) is 11.1 Å². The standard InChI is InChI=1S/C13H18FNO/c1-10-13(9-15,5-6-16-10)8-11-3-2-4-12(14)7-11/h2-4,7,10H,5-6,8-9,15H2,1H3. The van der Waals surface area contributed by atoms with Crippen LogP contribution in [0.15, 0.2) is 24.3 Å². The third kappa shape index (κ3) is 2.11. The van der Waals surface area contributed by atoms with E-state index in [-0.39, 0.29) is 17.3 Å². The molecule has 0 bridgehead atoms. The SMILES string of the molecule is CC1OCCC1(CN)Cc1cccc(F)c1. The molecule has 2 atom stereocenters. The third-order valence-electron chi connectivity index (χ3n) is 3.68. The monoisotopic (exact) mass is 223 g/mol. The highest BCUT2D eigenvalue weighted by Gasteiger charge is 2.40. The van der Waals surface area contributed by atoms with Crippen LogP contribution in [-0.2, 0) is 11.2 Å². The molecular weight excluding hydrogens is 205 g/mol. The van der Waals surface area contributed by atoms with Crippen molar-refractivity contribution in [1.82, 2.24) is 0 Å². The number of nitrogens with two attached hydrogens (primary N) is 1. The second kappa shape index (κ2) is 4.52. The maximum atomic E-state index is 13.1. The van der Waals surface area contributed by atoms with Gasteiger partial charge in [0.1, 0.15) is 5.82 Å². The van der Waals surface area contributed by atoms with Gasteiger partial charge in [-0.25, -0.2) is 4.39 Å². The minimum absolute atomic E-state index is 0.0200. The molecule has 3 heteroatoms. The second-order valence-electron chi connectivity index (χ2n) is 4.64. The maximum absolute atomic E-state index is 13.1. The van der Waals surface area contributed by atoms with E-state index in [0.717, 1.165) is 25.0 Å². The summed E-state index contributed by atoms with van der Waals surface area (Å²) in [5.41, 5.74) is 6.85. The smallest absolute Gasteiger partial charge is 0.123 e. The Hall–Kier alpha value is -0.930. The molecule has 1 aromatic rings. The highest BCUT2D eigenvalue weighted by atomic mass is 19.1. The van der Waals surface area contributed by atoms with Crippen molar-refractivity contribution < 1.29 is 9.13 Å². The molecule has 1 fully saturated rings. The van der Waals surface area contributed by atoms with Crippen LogP contribution >= 0.6 is 0 Å². The summed E-state index contributed by atoms with van der Waals surface area (Å²) in [6.45, 7) is 3.40. The van der Waals surface area contributed by atoms with Crippen molar-refractivity contribution >= 4 is 0 Å². The second-order valence-corrected chi connectivity index (χ2v) is 4.64. The molecule has 1 aliphatic rings. The molecule has 2 rings (SSSR count). The fraction of sp³-hybridized carbons (Fsp3) is 0.538. The normalized spacial score (nSPS) is 29.6. The van der Waals surface area contributed by atoms with Crippen molar-refractivity contribution in [3.05, 3.63) is 35.6 Å². The Kier molecular flexibility index (Phi) is 3.26. The van der Waals surface area contributed by atoms with Gasteiger partial charge in [-0.15, -0.1) is 0 Å². The molecular formula is C13H18FNO. The molecule has 16 heavy (non-hydrogen) atoms. The summed E-state index contributed by atoms with van der Waals surface area (Å²) in [5, 5.41) is 0. The van der Waals surface area contributed by atoms with E-state index in [1.165, 1.54) is 6.07 Å². The Morgan fingerprint density at radius 3 is 2.94 bits per heavy atom. The van der Waals surface area contributed by atoms with Gasteiger partial charge in [-0.05, 0) is 37.5 Å². The van der Waals surface area contributed by atoms with Crippen LogP contribution < -0.4 is 5.73 Å².